The van der Waals surface area contributed by atoms with Crippen molar-refractivity contribution >= 4 is 23.2 Å². The van der Waals surface area contributed by atoms with Gasteiger partial charge in [-0.05, 0) is 67.0 Å². The lowest BCUT2D eigenvalue weighted by Crippen LogP contribution is -2.49. The minimum atomic E-state index is -0.189. The topological polar surface area (TPSA) is 59.1 Å². The van der Waals surface area contributed by atoms with Crippen LogP contribution >= 0.6 is 11.3 Å². The Bertz CT molecular complexity index is 1190. The molecule has 1 fully saturated rings. The number of hydrogen-bond acceptors (Lipinski definition) is 5. The van der Waals surface area contributed by atoms with E-state index in [9.17, 15) is 9.59 Å². The maximum atomic E-state index is 13.8. The van der Waals surface area contributed by atoms with E-state index in [1.807, 2.05) is 66.4 Å². The second kappa shape index (κ2) is 11.3. The smallest absolute Gasteiger partial charge is 0.254 e. The number of rotatable bonds is 8. The summed E-state index contributed by atoms with van der Waals surface area (Å²) in [6.45, 7) is 4.06. The molecule has 0 bridgehead atoms. The van der Waals surface area contributed by atoms with Gasteiger partial charge in [0.1, 0.15) is 18.9 Å². The van der Waals surface area contributed by atoms with E-state index in [0.717, 1.165) is 36.1 Å². The van der Waals surface area contributed by atoms with Crippen molar-refractivity contribution in [1.82, 2.24) is 9.80 Å². The van der Waals surface area contributed by atoms with E-state index in [-0.39, 0.29) is 30.5 Å². The van der Waals surface area contributed by atoms with Crippen molar-refractivity contribution in [3.8, 4) is 5.75 Å². The van der Waals surface area contributed by atoms with E-state index in [0.29, 0.717) is 31.9 Å². The summed E-state index contributed by atoms with van der Waals surface area (Å²) < 4.78 is 11.9. The van der Waals surface area contributed by atoms with Gasteiger partial charge in [0.2, 0.25) is 5.91 Å². The van der Waals surface area contributed by atoms with E-state index in [2.05, 4.69) is 11.4 Å². The van der Waals surface area contributed by atoms with Gasteiger partial charge >= 0.3 is 0 Å². The summed E-state index contributed by atoms with van der Waals surface area (Å²) in [7, 11) is 0. The molecular weight excluding hydrogens is 472 g/mol. The summed E-state index contributed by atoms with van der Waals surface area (Å²) >= 11 is 1.73. The molecule has 0 spiro atoms. The summed E-state index contributed by atoms with van der Waals surface area (Å²) in [4.78, 5) is 32.3. The number of thiophene rings is 1. The highest BCUT2D eigenvalue weighted by atomic mass is 32.1. The van der Waals surface area contributed by atoms with Crippen LogP contribution in [0.3, 0.4) is 0 Å². The van der Waals surface area contributed by atoms with Crippen molar-refractivity contribution in [2.24, 2.45) is 0 Å². The number of nitrogens with zero attached hydrogens (tertiary/aromatic N) is 2. The number of ether oxygens (including phenoxy) is 2. The average molecular weight is 505 g/mol. The highest BCUT2D eigenvalue weighted by Crippen LogP contribution is 2.34. The first-order valence-electron chi connectivity index (χ1n) is 12.6. The SMILES string of the molecule is Cc1ccccc1C(=O)N(CC(=O)N1CCc2sccc2[C@@H]1COc1ccccc1)C[C@@H]1CCCO1. The number of amides is 2. The van der Waals surface area contributed by atoms with Crippen molar-refractivity contribution < 1.29 is 19.1 Å². The van der Waals surface area contributed by atoms with Gasteiger partial charge < -0.3 is 19.3 Å². The van der Waals surface area contributed by atoms with Crippen molar-refractivity contribution in [2.45, 2.75) is 38.3 Å². The first-order valence-corrected chi connectivity index (χ1v) is 13.5. The van der Waals surface area contributed by atoms with Gasteiger partial charge in [0.05, 0.1) is 12.1 Å². The summed E-state index contributed by atoms with van der Waals surface area (Å²) in [6, 6.07) is 19.1. The number of para-hydroxylation sites is 1. The third-order valence-corrected chi connectivity index (χ3v) is 8.00. The number of hydrogen-bond donors (Lipinski definition) is 0. The fourth-order valence-corrected chi connectivity index (χ4v) is 5.99. The van der Waals surface area contributed by atoms with Crippen LogP contribution in [0.2, 0.25) is 0 Å². The molecule has 2 aliphatic heterocycles. The molecule has 2 atom stereocenters. The quantitative estimate of drug-likeness (QED) is 0.439. The number of aryl methyl sites for hydroxylation is 1. The second-order valence-corrected chi connectivity index (χ2v) is 10.4. The second-order valence-electron chi connectivity index (χ2n) is 9.41. The lowest BCUT2D eigenvalue weighted by molar-refractivity contribution is -0.135. The molecule has 1 saturated heterocycles. The van der Waals surface area contributed by atoms with E-state index < -0.39 is 0 Å². The Morgan fingerprint density at radius 2 is 1.92 bits per heavy atom. The van der Waals surface area contributed by atoms with Crippen molar-refractivity contribution in [1.29, 1.82) is 0 Å². The summed E-state index contributed by atoms with van der Waals surface area (Å²) in [5, 5.41) is 2.08. The lowest BCUT2D eigenvalue weighted by atomic mass is 10.00. The van der Waals surface area contributed by atoms with Gasteiger partial charge in [0.25, 0.3) is 5.91 Å². The normalized spacial score (nSPS) is 19.1. The molecule has 0 aliphatic carbocycles. The zero-order valence-electron chi connectivity index (χ0n) is 20.6. The van der Waals surface area contributed by atoms with Crippen LogP contribution in [0.15, 0.2) is 66.0 Å². The van der Waals surface area contributed by atoms with Crippen LogP contribution in [0.1, 0.15) is 45.2 Å². The van der Waals surface area contributed by atoms with Crippen molar-refractivity contribution in [3.63, 3.8) is 0 Å². The number of carbonyl (C=O) groups excluding carboxylic acids is 2. The Hall–Kier alpha value is -3.16. The number of benzene rings is 2. The molecule has 1 aromatic heterocycles. The van der Waals surface area contributed by atoms with E-state index in [1.165, 1.54) is 4.88 Å². The minimum Gasteiger partial charge on any atom is -0.491 e. The van der Waals surface area contributed by atoms with Gasteiger partial charge in [0, 0.05) is 30.1 Å². The third-order valence-electron chi connectivity index (χ3n) is 7.00. The molecule has 2 aliphatic rings. The van der Waals surface area contributed by atoms with Crippen molar-refractivity contribution in [2.75, 3.05) is 32.8 Å². The molecule has 188 valence electrons. The molecule has 0 radical (unpaired) electrons. The molecule has 0 unspecified atom stereocenters. The fourth-order valence-electron chi connectivity index (χ4n) is 5.06. The highest BCUT2D eigenvalue weighted by Gasteiger charge is 2.34. The monoisotopic (exact) mass is 504 g/mol. The molecule has 5 rings (SSSR count). The lowest BCUT2D eigenvalue weighted by Gasteiger charge is -2.37. The predicted octanol–water partition coefficient (Wildman–Crippen LogP) is 4.88. The van der Waals surface area contributed by atoms with E-state index in [1.54, 1.807) is 16.2 Å². The molecule has 36 heavy (non-hydrogen) atoms. The molecular formula is C29H32N2O4S. The summed E-state index contributed by atoms with van der Waals surface area (Å²) in [5.41, 5.74) is 2.68. The van der Waals surface area contributed by atoms with Crippen LogP contribution in [0.4, 0.5) is 0 Å². The first-order chi connectivity index (χ1) is 17.6. The number of fused-ring (bicyclic) bond motifs is 1. The molecule has 7 heteroatoms. The van der Waals surface area contributed by atoms with Gasteiger partial charge in [0.15, 0.2) is 0 Å². The molecule has 3 aromatic rings. The Labute approximate surface area is 216 Å². The molecule has 2 amide bonds. The van der Waals surface area contributed by atoms with Crippen LogP contribution < -0.4 is 4.74 Å². The largest absolute Gasteiger partial charge is 0.491 e. The zero-order valence-corrected chi connectivity index (χ0v) is 21.4. The van der Waals surface area contributed by atoms with Crippen LogP contribution in [0.5, 0.6) is 5.75 Å². The highest BCUT2D eigenvalue weighted by molar-refractivity contribution is 7.10. The maximum absolute atomic E-state index is 13.8. The molecule has 0 N–H and O–H groups in total. The molecule has 0 saturated carbocycles. The van der Waals surface area contributed by atoms with Crippen LogP contribution in [0.25, 0.3) is 0 Å². The van der Waals surface area contributed by atoms with Gasteiger partial charge in [-0.3, -0.25) is 9.59 Å². The summed E-state index contributed by atoms with van der Waals surface area (Å²) in [5.74, 6) is 0.595. The molecule has 2 aromatic carbocycles. The Balaban J connectivity index is 1.36. The number of carbonyl (C=O) groups is 2. The first kappa shape index (κ1) is 24.5. The van der Waals surface area contributed by atoms with E-state index in [4.69, 9.17) is 9.47 Å². The van der Waals surface area contributed by atoms with Crippen LogP contribution in [0, 0.1) is 6.92 Å². The van der Waals surface area contributed by atoms with Gasteiger partial charge in [-0.1, -0.05) is 36.4 Å². The fraction of sp³-hybridized carbons (Fsp3) is 0.379. The minimum absolute atomic E-state index is 0.0222. The third kappa shape index (κ3) is 5.47. The van der Waals surface area contributed by atoms with Gasteiger partial charge in [-0.15, -0.1) is 11.3 Å². The zero-order chi connectivity index (χ0) is 24.9. The Morgan fingerprint density at radius 1 is 1.11 bits per heavy atom. The van der Waals surface area contributed by atoms with Crippen LogP contribution in [-0.2, 0) is 16.0 Å². The van der Waals surface area contributed by atoms with E-state index >= 15 is 0 Å². The van der Waals surface area contributed by atoms with Gasteiger partial charge in [-0.2, -0.15) is 0 Å². The Kier molecular flexibility index (Phi) is 7.68. The molecule has 6 nitrogen and oxygen atoms in total. The standard InChI is InChI=1S/C29H32N2O4S/c1-21-8-5-6-12-24(21)29(33)30(18-23-11-7-16-34-23)19-28(32)31-15-13-27-25(14-17-36-27)26(31)20-35-22-9-3-2-4-10-22/h2-6,8-10,12,14,17,23,26H,7,11,13,15-16,18-20H2,1H3/t23-,26-/m0/s1. The Morgan fingerprint density at radius 3 is 2.69 bits per heavy atom. The van der Waals surface area contributed by atoms with Crippen LogP contribution in [-0.4, -0.2) is 60.6 Å². The maximum Gasteiger partial charge on any atom is 0.254 e. The van der Waals surface area contributed by atoms with Crippen molar-refractivity contribution in [3.05, 3.63) is 87.6 Å². The summed E-state index contributed by atoms with van der Waals surface area (Å²) in [6.07, 6.45) is 2.67. The molecule has 3 heterocycles. The van der Waals surface area contributed by atoms with Gasteiger partial charge in [-0.25, -0.2) is 0 Å². The predicted molar refractivity (Wildman–Crippen MR) is 140 cm³/mol. The average Bonchev–Trinajstić information content (AvgIpc) is 3.59.